The second kappa shape index (κ2) is 4.24. The van der Waals surface area contributed by atoms with Crippen molar-refractivity contribution in [1.82, 2.24) is 0 Å². The molecule has 0 saturated heterocycles. The normalized spacial score (nSPS) is 9.92. The third-order valence-electron chi connectivity index (χ3n) is 1.48. The fraction of sp³-hybridized carbons (Fsp3) is 0.143. The molecule has 1 rings (SSSR count). The quantitative estimate of drug-likeness (QED) is 0.618. The molecule has 0 fully saturated rings. The van der Waals surface area contributed by atoms with Crippen LogP contribution in [0.25, 0.3) is 0 Å². The predicted octanol–water partition coefficient (Wildman–Crippen LogP) is 2.94. The monoisotopic (exact) mass is 240 g/mol. The molecule has 0 saturated carbocycles. The number of hydrazine groups is 1. The predicted molar refractivity (Wildman–Crippen MR) is 55.8 cm³/mol. The maximum absolute atomic E-state index is 5.88. The molecule has 0 atom stereocenters. The zero-order chi connectivity index (χ0) is 10.0. The van der Waals surface area contributed by atoms with Gasteiger partial charge in [0.05, 0.1) is 22.8 Å². The van der Waals surface area contributed by atoms with Gasteiger partial charge in [-0.05, 0) is 6.07 Å². The highest BCUT2D eigenvalue weighted by molar-refractivity contribution is 6.43. The van der Waals surface area contributed by atoms with Gasteiger partial charge in [0.2, 0.25) is 0 Å². The SMILES string of the molecule is COc1c(Cl)cc(Cl)c(NN)c1Cl. The van der Waals surface area contributed by atoms with Crippen molar-refractivity contribution in [3.05, 3.63) is 21.1 Å². The fourth-order valence-corrected chi connectivity index (χ4v) is 1.92. The van der Waals surface area contributed by atoms with Crippen LogP contribution in [0.15, 0.2) is 6.07 Å². The molecule has 0 heterocycles. The number of rotatable bonds is 2. The van der Waals surface area contributed by atoms with E-state index in [0.29, 0.717) is 21.5 Å². The number of hydrogen-bond acceptors (Lipinski definition) is 3. The lowest BCUT2D eigenvalue weighted by atomic mass is 10.3. The molecular weight excluding hydrogens is 234 g/mol. The molecule has 1 aromatic carbocycles. The molecule has 0 amide bonds. The van der Waals surface area contributed by atoms with Gasteiger partial charge in [-0.2, -0.15) is 0 Å². The average molecular weight is 242 g/mol. The van der Waals surface area contributed by atoms with E-state index in [1.165, 1.54) is 13.2 Å². The lowest BCUT2D eigenvalue weighted by Crippen LogP contribution is -2.08. The molecule has 3 nitrogen and oxygen atoms in total. The molecule has 13 heavy (non-hydrogen) atoms. The number of halogens is 3. The minimum Gasteiger partial charge on any atom is -0.494 e. The van der Waals surface area contributed by atoms with Gasteiger partial charge in [-0.15, -0.1) is 0 Å². The first kappa shape index (κ1) is 10.7. The topological polar surface area (TPSA) is 47.3 Å². The molecule has 0 aliphatic heterocycles. The third kappa shape index (κ3) is 1.94. The average Bonchev–Trinajstić information content (AvgIpc) is 2.04. The van der Waals surface area contributed by atoms with Crippen molar-refractivity contribution in [2.24, 2.45) is 5.84 Å². The Morgan fingerprint density at radius 1 is 1.31 bits per heavy atom. The van der Waals surface area contributed by atoms with Gasteiger partial charge in [0, 0.05) is 0 Å². The number of methoxy groups -OCH3 is 1. The van der Waals surface area contributed by atoms with Gasteiger partial charge in [0.15, 0.2) is 5.75 Å². The van der Waals surface area contributed by atoms with Crippen molar-refractivity contribution < 1.29 is 4.74 Å². The van der Waals surface area contributed by atoms with Crippen molar-refractivity contribution >= 4 is 40.5 Å². The number of benzene rings is 1. The van der Waals surface area contributed by atoms with Crippen LogP contribution < -0.4 is 16.0 Å². The summed E-state index contributed by atoms with van der Waals surface area (Å²) < 4.78 is 4.96. The second-order valence-electron chi connectivity index (χ2n) is 2.21. The van der Waals surface area contributed by atoms with Crippen molar-refractivity contribution in [3.8, 4) is 5.75 Å². The van der Waals surface area contributed by atoms with Gasteiger partial charge >= 0.3 is 0 Å². The van der Waals surface area contributed by atoms with E-state index in [2.05, 4.69) is 5.43 Å². The van der Waals surface area contributed by atoms with Crippen LogP contribution in [0.5, 0.6) is 5.75 Å². The van der Waals surface area contributed by atoms with Gasteiger partial charge in [0.25, 0.3) is 0 Å². The Morgan fingerprint density at radius 3 is 2.38 bits per heavy atom. The van der Waals surface area contributed by atoms with E-state index in [1.807, 2.05) is 0 Å². The van der Waals surface area contributed by atoms with Crippen LogP contribution in [0.3, 0.4) is 0 Å². The van der Waals surface area contributed by atoms with Gasteiger partial charge in [-0.25, -0.2) is 0 Å². The number of nitrogens with two attached hydrogens (primary N) is 1. The minimum atomic E-state index is 0.266. The van der Waals surface area contributed by atoms with Gasteiger partial charge in [0.1, 0.15) is 5.02 Å². The van der Waals surface area contributed by atoms with Crippen molar-refractivity contribution in [2.45, 2.75) is 0 Å². The molecule has 6 heteroatoms. The van der Waals surface area contributed by atoms with Crippen LogP contribution in [0.1, 0.15) is 0 Å². The zero-order valence-electron chi connectivity index (χ0n) is 6.70. The lowest BCUT2D eigenvalue weighted by Gasteiger charge is -2.11. The van der Waals surface area contributed by atoms with E-state index >= 15 is 0 Å². The summed E-state index contributed by atoms with van der Waals surface area (Å²) >= 11 is 17.5. The highest BCUT2D eigenvalue weighted by atomic mass is 35.5. The summed E-state index contributed by atoms with van der Waals surface area (Å²) in [4.78, 5) is 0. The molecule has 0 aliphatic carbocycles. The number of hydrogen-bond donors (Lipinski definition) is 2. The molecule has 0 aliphatic rings. The summed E-state index contributed by atoms with van der Waals surface area (Å²) in [5, 5.41) is 0.956. The van der Waals surface area contributed by atoms with Gasteiger partial charge in [-0.1, -0.05) is 34.8 Å². The molecule has 0 unspecified atom stereocenters. The third-order valence-corrected chi connectivity index (χ3v) is 2.42. The largest absolute Gasteiger partial charge is 0.494 e. The Hall–Kier alpha value is -0.350. The molecule has 1 aromatic rings. The van der Waals surface area contributed by atoms with E-state index in [4.69, 9.17) is 45.4 Å². The van der Waals surface area contributed by atoms with Crippen molar-refractivity contribution in [1.29, 1.82) is 0 Å². The van der Waals surface area contributed by atoms with Crippen molar-refractivity contribution in [2.75, 3.05) is 12.5 Å². The first-order valence-electron chi connectivity index (χ1n) is 3.30. The number of nitrogens with one attached hydrogen (secondary N) is 1. The van der Waals surface area contributed by atoms with Crippen LogP contribution in [0.2, 0.25) is 15.1 Å². The summed E-state index contributed by atoms with van der Waals surface area (Å²) in [6.45, 7) is 0. The maximum Gasteiger partial charge on any atom is 0.158 e. The van der Waals surface area contributed by atoms with Crippen LogP contribution >= 0.6 is 34.8 Å². The molecule has 0 spiro atoms. The molecule has 3 N–H and O–H groups in total. The summed E-state index contributed by atoms with van der Waals surface area (Å²) in [6, 6.07) is 1.50. The van der Waals surface area contributed by atoms with Gasteiger partial charge in [-0.3, -0.25) is 5.84 Å². The van der Waals surface area contributed by atoms with E-state index < -0.39 is 0 Å². The van der Waals surface area contributed by atoms with Crippen LogP contribution in [-0.2, 0) is 0 Å². The van der Waals surface area contributed by atoms with Gasteiger partial charge < -0.3 is 10.2 Å². The Labute approximate surface area is 90.7 Å². The Morgan fingerprint density at radius 2 is 1.92 bits per heavy atom. The second-order valence-corrected chi connectivity index (χ2v) is 3.40. The summed E-state index contributed by atoms with van der Waals surface area (Å²) in [7, 11) is 1.46. The summed E-state index contributed by atoms with van der Waals surface area (Å²) in [5.41, 5.74) is 2.76. The molecule has 0 radical (unpaired) electrons. The van der Waals surface area contributed by atoms with Crippen LogP contribution in [-0.4, -0.2) is 7.11 Å². The highest BCUT2D eigenvalue weighted by Crippen LogP contribution is 2.42. The van der Waals surface area contributed by atoms with E-state index in [1.54, 1.807) is 0 Å². The van der Waals surface area contributed by atoms with E-state index in [0.717, 1.165) is 0 Å². The maximum atomic E-state index is 5.88. The highest BCUT2D eigenvalue weighted by Gasteiger charge is 2.14. The number of nitrogen functional groups attached to an aromatic ring is 1. The lowest BCUT2D eigenvalue weighted by molar-refractivity contribution is 0.415. The number of anilines is 1. The van der Waals surface area contributed by atoms with Crippen molar-refractivity contribution in [3.63, 3.8) is 0 Å². The molecular formula is C7H7Cl3N2O. The Kier molecular flexibility index (Phi) is 3.50. The molecule has 72 valence electrons. The van der Waals surface area contributed by atoms with Crippen LogP contribution in [0.4, 0.5) is 5.69 Å². The molecule has 0 bridgehead atoms. The summed E-state index contributed by atoms with van der Waals surface area (Å²) in [5.74, 6) is 5.56. The summed E-state index contributed by atoms with van der Waals surface area (Å²) in [6.07, 6.45) is 0. The van der Waals surface area contributed by atoms with E-state index in [-0.39, 0.29) is 5.02 Å². The first-order valence-corrected chi connectivity index (χ1v) is 4.43. The standard InChI is InChI=1S/C7H7Cl3N2O/c1-13-7-4(9)2-3(8)6(12-11)5(7)10/h2,12H,11H2,1H3. The zero-order valence-corrected chi connectivity index (χ0v) is 8.96. The number of ether oxygens (including phenoxy) is 1. The Bertz CT molecular complexity index is 302. The first-order chi connectivity index (χ1) is 6.11. The van der Waals surface area contributed by atoms with E-state index in [9.17, 15) is 0 Å². The molecule has 0 aromatic heterocycles. The van der Waals surface area contributed by atoms with Crippen LogP contribution in [0, 0.1) is 0 Å². The Balaban J connectivity index is 3.39. The fourth-order valence-electron chi connectivity index (χ4n) is 0.892. The smallest absolute Gasteiger partial charge is 0.158 e. The minimum absolute atomic E-state index is 0.266.